The molecule has 6 heteroatoms. The van der Waals surface area contributed by atoms with Gasteiger partial charge in [-0.2, -0.15) is 0 Å². The number of nitrogens with zero attached hydrogens (tertiary/aromatic N) is 2. The Hall–Kier alpha value is -2.76. The summed E-state index contributed by atoms with van der Waals surface area (Å²) in [4.78, 5) is 29.2. The minimum atomic E-state index is -0.346. The van der Waals surface area contributed by atoms with Gasteiger partial charge in [-0.3, -0.25) is 14.6 Å². The third-order valence-corrected chi connectivity index (χ3v) is 3.61. The SMILES string of the molecule is CC(=O)N(CCC(=O)NCc1ccccc1F)Cc1ccncc1. The summed E-state index contributed by atoms with van der Waals surface area (Å²) in [5, 5.41) is 2.67. The lowest BCUT2D eigenvalue weighted by molar-refractivity contribution is -0.130. The summed E-state index contributed by atoms with van der Waals surface area (Å²) >= 11 is 0. The molecule has 2 aromatic rings. The predicted octanol–water partition coefficient (Wildman–Crippen LogP) is 2.28. The van der Waals surface area contributed by atoms with Gasteiger partial charge in [-0.05, 0) is 23.8 Å². The van der Waals surface area contributed by atoms with Crippen LogP contribution in [0.3, 0.4) is 0 Å². The number of carbonyl (C=O) groups is 2. The summed E-state index contributed by atoms with van der Waals surface area (Å²) < 4.78 is 13.5. The molecule has 0 saturated carbocycles. The quantitative estimate of drug-likeness (QED) is 0.848. The first-order valence-corrected chi connectivity index (χ1v) is 7.71. The number of nitrogens with one attached hydrogen (secondary N) is 1. The molecule has 2 rings (SSSR count). The largest absolute Gasteiger partial charge is 0.352 e. The van der Waals surface area contributed by atoms with E-state index in [1.165, 1.54) is 13.0 Å². The van der Waals surface area contributed by atoms with Gasteiger partial charge in [0.2, 0.25) is 11.8 Å². The molecule has 0 fully saturated rings. The van der Waals surface area contributed by atoms with Gasteiger partial charge in [0.05, 0.1) is 0 Å². The first kappa shape index (κ1) is 17.6. The van der Waals surface area contributed by atoms with Crippen molar-refractivity contribution in [2.75, 3.05) is 6.54 Å². The van der Waals surface area contributed by atoms with Crippen LogP contribution < -0.4 is 5.32 Å². The normalized spacial score (nSPS) is 10.2. The molecule has 1 heterocycles. The van der Waals surface area contributed by atoms with E-state index in [2.05, 4.69) is 10.3 Å². The number of amides is 2. The van der Waals surface area contributed by atoms with Crippen LogP contribution in [0.15, 0.2) is 48.8 Å². The van der Waals surface area contributed by atoms with Gasteiger partial charge in [0.15, 0.2) is 0 Å². The number of rotatable bonds is 7. The van der Waals surface area contributed by atoms with Crippen LogP contribution in [0.25, 0.3) is 0 Å². The lowest BCUT2D eigenvalue weighted by Gasteiger charge is -2.20. The van der Waals surface area contributed by atoms with Crippen molar-refractivity contribution in [2.45, 2.75) is 26.4 Å². The van der Waals surface area contributed by atoms with Crippen molar-refractivity contribution in [1.29, 1.82) is 0 Å². The smallest absolute Gasteiger partial charge is 0.222 e. The Morgan fingerprint density at radius 1 is 1.17 bits per heavy atom. The highest BCUT2D eigenvalue weighted by Crippen LogP contribution is 2.07. The zero-order valence-electron chi connectivity index (χ0n) is 13.5. The Kier molecular flexibility index (Phi) is 6.42. The Bertz CT molecular complexity index is 692. The summed E-state index contributed by atoms with van der Waals surface area (Å²) in [7, 11) is 0. The summed E-state index contributed by atoms with van der Waals surface area (Å²) in [5.74, 6) is -0.672. The highest BCUT2D eigenvalue weighted by atomic mass is 19.1. The van der Waals surface area contributed by atoms with E-state index >= 15 is 0 Å². The van der Waals surface area contributed by atoms with E-state index in [0.29, 0.717) is 18.7 Å². The summed E-state index contributed by atoms with van der Waals surface area (Å²) in [5.41, 5.74) is 1.39. The van der Waals surface area contributed by atoms with Gasteiger partial charge in [-0.1, -0.05) is 18.2 Å². The highest BCUT2D eigenvalue weighted by Gasteiger charge is 2.12. The first-order valence-electron chi connectivity index (χ1n) is 7.71. The molecular weight excluding hydrogens is 309 g/mol. The maximum atomic E-state index is 13.5. The molecule has 24 heavy (non-hydrogen) atoms. The van der Waals surface area contributed by atoms with Crippen molar-refractivity contribution < 1.29 is 14.0 Å². The zero-order valence-corrected chi connectivity index (χ0v) is 13.5. The van der Waals surface area contributed by atoms with E-state index in [9.17, 15) is 14.0 Å². The van der Waals surface area contributed by atoms with Crippen molar-refractivity contribution in [2.24, 2.45) is 0 Å². The van der Waals surface area contributed by atoms with Crippen LogP contribution >= 0.6 is 0 Å². The fourth-order valence-electron chi connectivity index (χ4n) is 2.22. The van der Waals surface area contributed by atoms with Crippen molar-refractivity contribution >= 4 is 11.8 Å². The molecular formula is C18H20FN3O2. The number of hydrogen-bond donors (Lipinski definition) is 1. The van der Waals surface area contributed by atoms with E-state index in [1.54, 1.807) is 35.5 Å². The molecule has 0 spiro atoms. The van der Waals surface area contributed by atoms with Crippen molar-refractivity contribution in [3.05, 3.63) is 65.7 Å². The van der Waals surface area contributed by atoms with Crippen molar-refractivity contribution in [3.8, 4) is 0 Å². The maximum absolute atomic E-state index is 13.5. The van der Waals surface area contributed by atoms with Gasteiger partial charge >= 0.3 is 0 Å². The highest BCUT2D eigenvalue weighted by molar-refractivity contribution is 5.78. The van der Waals surface area contributed by atoms with Gasteiger partial charge in [-0.15, -0.1) is 0 Å². The number of carbonyl (C=O) groups excluding carboxylic acids is 2. The molecule has 5 nitrogen and oxygen atoms in total. The van der Waals surface area contributed by atoms with Crippen LogP contribution in [-0.4, -0.2) is 28.2 Å². The molecule has 1 N–H and O–H groups in total. The van der Waals surface area contributed by atoms with Gasteiger partial charge in [0.1, 0.15) is 5.82 Å². The molecule has 0 aliphatic rings. The average Bonchev–Trinajstić information content (AvgIpc) is 2.58. The van der Waals surface area contributed by atoms with Gasteiger partial charge in [-0.25, -0.2) is 4.39 Å². The van der Waals surface area contributed by atoms with Crippen LogP contribution in [0.2, 0.25) is 0 Å². The Morgan fingerprint density at radius 2 is 1.88 bits per heavy atom. The van der Waals surface area contributed by atoms with Crippen molar-refractivity contribution in [3.63, 3.8) is 0 Å². The number of aromatic nitrogens is 1. The third kappa shape index (κ3) is 5.46. The number of benzene rings is 1. The van der Waals surface area contributed by atoms with Gasteiger partial charge < -0.3 is 10.2 Å². The number of pyridine rings is 1. The maximum Gasteiger partial charge on any atom is 0.222 e. The first-order chi connectivity index (χ1) is 11.6. The summed E-state index contributed by atoms with van der Waals surface area (Å²) in [6, 6.07) is 9.96. The monoisotopic (exact) mass is 329 g/mol. The average molecular weight is 329 g/mol. The second-order valence-corrected chi connectivity index (χ2v) is 5.41. The Balaban J connectivity index is 1.82. The Morgan fingerprint density at radius 3 is 2.54 bits per heavy atom. The van der Waals surface area contributed by atoms with Crippen molar-refractivity contribution in [1.82, 2.24) is 15.2 Å². The molecule has 0 bridgehead atoms. The number of hydrogen-bond acceptors (Lipinski definition) is 3. The van der Waals surface area contributed by atoms with Crippen LogP contribution in [0, 0.1) is 5.82 Å². The summed E-state index contributed by atoms with van der Waals surface area (Å²) in [6.07, 6.45) is 3.49. The lowest BCUT2D eigenvalue weighted by Crippen LogP contribution is -2.33. The lowest BCUT2D eigenvalue weighted by atomic mass is 10.2. The van der Waals surface area contributed by atoms with Gasteiger partial charge in [0.25, 0.3) is 0 Å². The van der Waals surface area contributed by atoms with Crippen LogP contribution in [0.4, 0.5) is 4.39 Å². The molecule has 1 aromatic heterocycles. The molecule has 0 aliphatic heterocycles. The molecule has 0 unspecified atom stereocenters. The second kappa shape index (κ2) is 8.76. The van der Waals surface area contributed by atoms with Crippen LogP contribution in [0.5, 0.6) is 0 Å². The minimum absolute atomic E-state index is 0.103. The minimum Gasteiger partial charge on any atom is -0.352 e. The molecule has 0 saturated heterocycles. The fourth-order valence-corrected chi connectivity index (χ4v) is 2.22. The molecule has 0 atom stereocenters. The molecule has 126 valence electrons. The topological polar surface area (TPSA) is 62.3 Å². The van der Waals surface area contributed by atoms with Gasteiger partial charge in [0, 0.05) is 50.9 Å². The fraction of sp³-hybridized carbons (Fsp3) is 0.278. The second-order valence-electron chi connectivity index (χ2n) is 5.41. The Labute approximate surface area is 140 Å². The van der Waals surface area contributed by atoms with Crippen LogP contribution in [-0.2, 0) is 22.7 Å². The molecule has 0 aliphatic carbocycles. The third-order valence-electron chi connectivity index (χ3n) is 3.61. The molecule has 0 radical (unpaired) electrons. The van der Waals surface area contributed by atoms with E-state index in [1.807, 2.05) is 12.1 Å². The zero-order chi connectivity index (χ0) is 17.4. The standard InChI is InChI=1S/C18H20FN3O2/c1-14(23)22(13-15-6-9-20-10-7-15)11-8-18(24)21-12-16-4-2-3-5-17(16)19/h2-7,9-10H,8,11-13H2,1H3,(H,21,24). The predicted molar refractivity (Wildman–Crippen MR) is 88.2 cm³/mol. The molecule has 2 amide bonds. The van der Waals surface area contributed by atoms with E-state index in [0.717, 1.165) is 5.56 Å². The van der Waals surface area contributed by atoms with E-state index < -0.39 is 0 Å². The number of halogens is 1. The molecule has 1 aromatic carbocycles. The van der Waals surface area contributed by atoms with E-state index in [-0.39, 0.29) is 30.6 Å². The van der Waals surface area contributed by atoms with Crippen LogP contribution in [0.1, 0.15) is 24.5 Å². The summed E-state index contributed by atoms with van der Waals surface area (Å²) in [6.45, 7) is 2.34. The van der Waals surface area contributed by atoms with E-state index in [4.69, 9.17) is 0 Å².